The minimum Gasteiger partial charge on any atom is -0.455 e. The third-order valence-electron chi connectivity index (χ3n) is 11.0. The summed E-state index contributed by atoms with van der Waals surface area (Å²) < 4.78 is 14.3. The highest BCUT2D eigenvalue weighted by Gasteiger charge is 2.27. The number of rotatable bonds is 3. The highest BCUT2D eigenvalue weighted by atomic mass is 16.3. The van der Waals surface area contributed by atoms with Crippen molar-refractivity contribution in [1.82, 2.24) is 13.7 Å². The monoisotopic (exact) mass is 663 g/mol. The molecule has 52 heavy (non-hydrogen) atoms. The van der Waals surface area contributed by atoms with E-state index in [2.05, 4.69) is 190 Å². The Hall–Kier alpha value is -7.04. The Morgan fingerprint density at radius 3 is 1.44 bits per heavy atom. The van der Waals surface area contributed by atoms with Gasteiger partial charge < -0.3 is 18.1 Å². The molecule has 0 N–H and O–H groups in total. The Balaban J connectivity index is 1.32. The molecule has 0 aliphatic heterocycles. The molecule has 0 radical (unpaired) electrons. The fraction of sp³-hybridized carbons (Fsp3) is 0. The first-order valence-corrected chi connectivity index (χ1v) is 17.8. The van der Waals surface area contributed by atoms with E-state index in [1.165, 1.54) is 38.0 Å². The van der Waals surface area contributed by atoms with Gasteiger partial charge in [0.15, 0.2) is 0 Å². The lowest BCUT2D eigenvalue weighted by Crippen LogP contribution is -1.97. The lowest BCUT2D eigenvalue weighted by molar-refractivity contribution is 0.673. The summed E-state index contributed by atoms with van der Waals surface area (Å²) in [7, 11) is 0. The van der Waals surface area contributed by atoms with E-state index >= 15 is 0 Å². The molecule has 4 heteroatoms. The minimum absolute atomic E-state index is 0.890. The van der Waals surface area contributed by atoms with Crippen molar-refractivity contribution in [2.24, 2.45) is 0 Å². The molecule has 0 saturated heterocycles. The van der Waals surface area contributed by atoms with Crippen molar-refractivity contribution in [2.45, 2.75) is 0 Å². The highest BCUT2D eigenvalue weighted by molar-refractivity contribution is 6.39. The summed E-state index contributed by atoms with van der Waals surface area (Å²) in [6.07, 6.45) is 0. The largest absolute Gasteiger partial charge is 0.455 e. The fourth-order valence-electron chi connectivity index (χ4n) is 8.95. The summed E-state index contributed by atoms with van der Waals surface area (Å²) in [6, 6.07) is 63.2. The van der Waals surface area contributed by atoms with Gasteiger partial charge in [0.05, 0.1) is 43.9 Å². The topological polar surface area (TPSA) is 27.9 Å². The molecule has 4 aromatic heterocycles. The van der Waals surface area contributed by atoms with E-state index in [1.807, 2.05) is 0 Å². The van der Waals surface area contributed by atoms with Crippen LogP contribution in [0.15, 0.2) is 180 Å². The zero-order chi connectivity index (χ0) is 33.9. The van der Waals surface area contributed by atoms with Gasteiger partial charge in [-0.1, -0.05) is 109 Å². The van der Waals surface area contributed by atoms with Gasteiger partial charge in [-0.3, -0.25) is 0 Å². The van der Waals surface area contributed by atoms with Crippen LogP contribution in [0.5, 0.6) is 0 Å². The van der Waals surface area contributed by atoms with Crippen LogP contribution >= 0.6 is 0 Å². The quantitative estimate of drug-likeness (QED) is 0.185. The van der Waals surface area contributed by atoms with E-state index in [9.17, 15) is 0 Å². The molecule has 0 unspecified atom stereocenters. The second-order valence-corrected chi connectivity index (χ2v) is 13.7. The molecule has 4 heterocycles. The second-order valence-electron chi connectivity index (χ2n) is 13.7. The predicted octanol–water partition coefficient (Wildman–Crippen LogP) is 12.9. The molecule has 0 amide bonds. The number of para-hydroxylation sites is 6. The maximum Gasteiger partial charge on any atom is 0.147 e. The van der Waals surface area contributed by atoms with Crippen molar-refractivity contribution < 1.29 is 4.42 Å². The molecule has 0 aliphatic carbocycles. The summed E-state index contributed by atoms with van der Waals surface area (Å²) in [6.45, 7) is 0. The third-order valence-corrected chi connectivity index (χ3v) is 11.0. The fourth-order valence-corrected chi connectivity index (χ4v) is 8.95. The number of nitrogens with zero attached hydrogens (tertiary/aromatic N) is 3. The van der Waals surface area contributed by atoms with E-state index in [0.717, 1.165) is 66.5 Å². The first-order valence-electron chi connectivity index (χ1n) is 17.8. The number of hydrogen-bond acceptors (Lipinski definition) is 1. The minimum atomic E-state index is 0.890. The van der Waals surface area contributed by atoms with Crippen LogP contribution in [0.25, 0.3) is 104 Å². The number of benzene rings is 8. The molecular formula is C48H29N3O. The summed E-state index contributed by atoms with van der Waals surface area (Å²) in [5.74, 6) is 0. The second kappa shape index (κ2) is 10.3. The molecule has 12 rings (SSSR count). The summed E-state index contributed by atoms with van der Waals surface area (Å²) >= 11 is 0. The molecule has 0 aliphatic rings. The summed E-state index contributed by atoms with van der Waals surface area (Å²) in [4.78, 5) is 0. The van der Waals surface area contributed by atoms with Gasteiger partial charge >= 0.3 is 0 Å². The SMILES string of the molecule is c1ccc(-n2c3ccccc3c3cc(-n4c5ccccc5c5c6c(c7ccccc7n6-c6ccccc6)c6oc7ccccc7c6c54)ccc32)cc1. The Morgan fingerprint density at radius 2 is 0.769 bits per heavy atom. The van der Waals surface area contributed by atoms with Crippen LogP contribution in [-0.4, -0.2) is 13.7 Å². The van der Waals surface area contributed by atoms with Gasteiger partial charge in [0.2, 0.25) is 0 Å². The average molecular weight is 664 g/mol. The van der Waals surface area contributed by atoms with Gasteiger partial charge in [0.25, 0.3) is 0 Å². The van der Waals surface area contributed by atoms with Crippen molar-refractivity contribution in [1.29, 1.82) is 0 Å². The summed E-state index contributed by atoms with van der Waals surface area (Å²) in [5.41, 5.74) is 12.2. The van der Waals surface area contributed by atoms with Crippen molar-refractivity contribution in [3.8, 4) is 17.1 Å². The molecule has 242 valence electrons. The van der Waals surface area contributed by atoms with E-state index in [1.54, 1.807) is 0 Å². The van der Waals surface area contributed by atoms with Crippen LogP contribution in [0.1, 0.15) is 0 Å². The first kappa shape index (κ1) is 27.7. The molecule has 0 bridgehead atoms. The predicted molar refractivity (Wildman–Crippen MR) is 217 cm³/mol. The van der Waals surface area contributed by atoms with Gasteiger partial charge in [-0.25, -0.2) is 0 Å². The molecular weight excluding hydrogens is 635 g/mol. The van der Waals surface area contributed by atoms with Gasteiger partial charge in [-0.15, -0.1) is 0 Å². The van der Waals surface area contributed by atoms with Gasteiger partial charge in [-0.2, -0.15) is 0 Å². The molecule has 0 atom stereocenters. The Labute approximate surface area is 297 Å². The van der Waals surface area contributed by atoms with Crippen molar-refractivity contribution in [2.75, 3.05) is 0 Å². The lowest BCUT2D eigenvalue weighted by atomic mass is 10.0. The van der Waals surface area contributed by atoms with Crippen LogP contribution in [0, 0.1) is 0 Å². The Kier molecular flexibility index (Phi) is 5.47. The third kappa shape index (κ3) is 3.55. The molecule has 8 aromatic carbocycles. The van der Waals surface area contributed by atoms with Crippen molar-refractivity contribution in [3.63, 3.8) is 0 Å². The normalized spacial score (nSPS) is 12.2. The van der Waals surface area contributed by atoms with Gasteiger partial charge in [-0.05, 0) is 66.7 Å². The van der Waals surface area contributed by atoms with E-state index in [-0.39, 0.29) is 0 Å². The van der Waals surface area contributed by atoms with Crippen LogP contribution in [0.4, 0.5) is 0 Å². The van der Waals surface area contributed by atoms with E-state index < -0.39 is 0 Å². The Bertz CT molecular complexity index is 3390. The number of aromatic nitrogens is 3. The maximum absolute atomic E-state index is 6.97. The average Bonchev–Trinajstić information content (AvgIpc) is 3.95. The first-order chi connectivity index (χ1) is 25.8. The molecule has 0 saturated carbocycles. The van der Waals surface area contributed by atoms with E-state index in [0.29, 0.717) is 0 Å². The van der Waals surface area contributed by atoms with Crippen LogP contribution in [-0.2, 0) is 0 Å². The highest BCUT2D eigenvalue weighted by Crippen LogP contribution is 2.49. The van der Waals surface area contributed by atoms with Crippen LogP contribution in [0.3, 0.4) is 0 Å². The molecule has 12 aromatic rings. The summed E-state index contributed by atoms with van der Waals surface area (Å²) in [5, 5.41) is 9.45. The number of fused-ring (bicyclic) bond motifs is 15. The van der Waals surface area contributed by atoms with Crippen molar-refractivity contribution in [3.05, 3.63) is 176 Å². The van der Waals surface area contributed by atoms with Crippen molar-refractivity contribution >= 4 is 87.4 Å². The molecule has 4 nitrogen and oxygen atoms in total. The standard InChI is InChI=1S/C48H29N3O/c1-3-15-30(16-4-1)49-38-23-11-7-19-33(38)37-29-32(27-28-41(37)49)51-39-24-12-8-20-34(39)43-46-44(48-45(47(43)51)36-22-10-14-26-42(36)52-48)35-21-9-13-25-40(35)50(46)31-17-5-2-6-18-31/h1-29H. The molecule has 0 fully saturated rings. The van der Waals surface area contributed by atoms with Crippen LogP contribution < -0.4 is 0 Å². The van der Waals surface area contributed by atoms with Gasteiger partial charge in [0, 0.05) is 49.4 Å². The van der Waals surface area contributed by atoms with E-state index in [4.69, 9.17) is 4.42 Å². The van der Waals surface area contributed by atoms with Gasteiger partial charge in [0.1, 0.15) is 11.2 Å². The molecule has 0 spiro atoms. The zero-order valence-electron chi connectivity index (χ0n) is 28.0. The lowest BCUT2D eigenvalue weighted by Gasteiger charge is -2.12. The Morgan fingerprint density at radius 1 is 0.308 bits per heavy atom. The maximum atomic E-state index is 6.97. The zero-order valence-corrected chi connectivity index (χ0v) is 28.0. The smallest absolute Gasteiger partial charge is 0.147 e. The number of hydrogen-bond donors (Lipinski definition) is 0. The number of furan rings is 1. The van der Waals surface area contributed by atoms with Crippen LogP contribution in [0.2, 0.25) is 0 Å².